The first-order chi connectivity index (χ1) is 17.8. The zero-order valence-electron chi connectivity index (χ0n) is 20.7. The molecule has 0 bridgehead atoms. The van der Waals surface area contributed by atoms with Crippen molar-refractivity contribution in [1.29, 1.82) is 0 Å². The Labute approximate surface area is 217 Å². The number of nitrogen functional groups attached to an aromatic ring is 1. The monoisotopic (exact) mass is 526 g/mol. The number of nitrogens with one attached hydrogen (secondary N) is 1. The zero-order valence-corrected chi connectivity index (χ0v) is 21.5. The highest BCUT2D eigenvalue weighted by Crippen LogP contribution is 2.45. The number of hydrogen-bond donors (Lipinski definition) is 2. The minimum Gasteiger partial charge on any atom is -0.486 e. The summed E-state index contributed by atoms with van der Waals surface area (Å²) in [6.07, 6.45) is 3.85. The summed E-state index contributed by atoms with van der Waals surface area (Å²) >= 11 is -1.43. The van der Waals surface area contributed by atoms with Gasteiger partial charge in [-0.05, 0) is 42.7 Å². The van der Waals surface area contributed by atoms with Gasteiger partial charge in [0.2, 0.25) is 5.75 Å². The summed E-state index contributed by atoms with van der Waals surface area (Å²) in [6, 6.07) is 13.7. The SMILES string of the molecule is CC1(COc2c(N3CCN(S(=O)NCc4ccc(F)c(N)c4)CC3)cnn(-c3ccccc3)c2=O)CC1. The van der Waals surface area contributed by atoms with Gasteiger partial charge in [-0.3, -0.25) is 4.79 Å². The molecule has 37 heavy (non-hydrogen) atoms. The molecule has 1 saturated carbocycles. The standard InChI is InChI=1S/C26H31FN6O3S/c1-26(9-10-26)18-36-24-23(17-29-33(25(24)34)20-5-3-2-4-6-20)31-11-13-32(14-12-31)37(35)30-16-19-7-8-21(27)22(28)15-19/h2-8,15,17,30H,9-14,16,18,28H2,1H3. The molecule has 0 spiro atoms. The molecule has 1 atom stereocenters. The van der Waals surface area contributed by atoms with Crippen LogP contribution in [0.4, 0.5) is 15.8 Å². The minimum absolute atomic E-state index is 0.0650. The van der Waals surface area contributed by atoms with E-state index in [1.807, 2.05) is 34.6 Å². The molecule has 1 saturated heterocycles. The van der Waals surface area contributed by atoms with Gasteiger partial charge in [-0.25, -0.2) is 17.6 Å². The summed E-state index contributed by atoms with van der Waals surface area (Å²) in [6.45, 7) is 5.09. The number of para-hydroxylation sites is 1. The smallest absolute Gasteiger partial charge is 0.316 e. The van der Waals surface area contributed by atoms with Crippen LogP contribution < -0.4 is 25.7 Å². The third kappa shape index (κ3) is 5.84. The van der Waals surface area contributed by atoms with Crippen LogP contribution in [0.25, 0.3) is 5.69 Å². The van der Waals surface area contributed by atoms with Crippen LogP contribution in [0, 0.1) is 11.2 Å². The average molecular weight is 527 g/mol. The Hall–Kier alpha value is -3.28. The Balaban J connectivity index is 1.27. The molecule has 1 unspecified atom stereocenters. The van der Waals surface area contributed by atoms with E-state index in [4.69, 9.17) is 10.5 Å². The number of piperazine rings is 1. The maximum absolute atomic E-state index is 13.5. The highest BCUT2D eigenvalue weighted by molar-refractivity contribution is 7.80. The summed E-state index contributed by atoms with van der Waals surface area (Å²) in [7, 11) is 0. The van der Waals surface area contributed by atoms with Crippen molar-refractivity contribution in [3.05, 3.63) is 76.5 Å². The van der Waals surface area contributed by atoms with Crippen LogP contribution >= 0.6 is 0 Å². The van der Waals surface area contributed by atoms with E-state index in [1.165, 1.54) is 16.8 Å². The Morgan fingerprint density at radius 3 is 2.54 bits per heavy atom. The van der Waals surface area contributed by atoms with Gasteiger partial charge in [0.1, 0.15) is 11.5 Å². The molecule has 2 fully saturated rings. The maximum Gasteiger partial charge on any atom is 0.316 e. The van der Waals surface area contributed by atoms with Crippen LogP contribution in [0.5, 0.6) is 5.75 Å². The van der Waals surface area contributed by atoms with Crippen molar-refractivity contribution in [3.63, 3.8) is 0 Å². The van der Waals surface area contributed by atoms with Crippen LogP contribution in [-0.2, 0) is 17.7 Å². The molecule has 196 valence electrons. The lowest BCUT2D eigenvalue weighted by atomic mass is 10.2. The third-order valence-corrected chi connectivity index (χ3v) is 8.08. The van der Waals surface area contributed by atoms with E-state index >= 15 is 0 Å². The van der Waals surface area contributed by atoms with Gasteiger partial charge in [-0.2, -0.15) is 9.78 Å². The quantitative estimate of drug-likeness (QED) is 0.416. The number of aromatic nitrogens is 2. The summed E-state index contributed by atoms with van der Waals surface area (Å²) in [5, 5.41) is 4.43. The van der Waals surface area contributed by atoms with E-state index in [9.17, 15) is 13.4 Å². The summed E-state index contributed by atoms with van der Waals surface area (Å²) in [5.74, 6) is -0.171. The topological polar surface area (TPSA) is 106 Å². The molecule has 1 aliphatic heterocycles. The van der Waals surface area contributed by atoms with Crippen LogP contribution in [0.15, 0.2) is 59.5 Å². The third-order valence-electron chi connectivity index (χ3n) is 6.86. The highest BCUT2D eigenvalue weighted by atomic mass is 32.2. The van der Waals surface area contributed by atoms with Gasteiger partial charge in [0, 0.05) is 38.1 Å². The number of halogens is 1. The van der Waals surface area contributed by atoms with Gasteiger partial charge in [0.25, 0.3) is 0 Å². The number of hydrogen-bond acceptors (Lipinski definition) is 6. The van der Waals surface area contributed by atoms with E-state index in [1.54, 1.807) is 12.3 Å². The predicted molar refractivity (Wildman–Crippen MR) is 142 cm³/mol. The second-order valence-corrected chi connectivity index (χ2v) is 11.2. The first kappa shape index (κ1) is 25.4. The van der Waals surface area contributed by atoms with Crippen LogP contribution in [-0.4, -0.2) is 51.1 Å². The molecule has 1 aliphatic carbocycles. The van der Waals surface area contributed by atoms with Crippen molar-refractivity contribution in [1.82, 2.24) is 18.8 Å². The highest BCUT2D eigenvalue weighted by Gasteiger charge is 2.39. The zero-order chi connectivity index (χ0) is 26.0. The predicted octanol–water partition coefficient (Wildman–Crippen LogP) is 2.62. The summed E-state index contributed by atoms with van der Waals surface area (Å²) in [4.78, 5) is 15.5. The molecular formula is C26H31FN6O3S. The minimum atomic E-state index is -1.43. The second kappa shape index (κ2) is 10.6. The molecule has 5 rings (SSSR count). The van der Waals surface area contributed by atoms with Crippen LogP contribution in [0.2, 0.25) is 0 Å². The Bertz CT molecular complexity index is 1340. The van der Waals surface area contributed by atoms with Crippen LogP contribution in [0.3, 0.4) is 0 Å². The van der Waals surface area contributed by atoms with Gasteiger partial charge < -0.3 is 15.4 Å². The van der Waals surface area contributed by atoms with Gasteiger partial charge in [-0.1, -0.05) is 31.2 Å². The molecule has 0 radical (unpaired) electrons. The van der Waals surface area contributed by atoms with Crippen LogP contribution in [0.1, 0.15) is 25.3 Å². The largest absolute Gasteiger partial charge is 0.486 e. The molecule has 2 aromatic carbocycles. The van der Waals surface area contributed by atoms with Gasteiger partial charge in [0.05, 0.1) is 24.2 Å². The molecule has 11 heteroatoms. The molecule has 1 aromatic heterocycles. The summed E-state index contributed by atoms with van der Waals surface area (Å²) < 4.78 is 38.5. The fraction of sp³-hybridized carbons (Fsp3) is 0.385. The number of anilines is 2. The molecule has 9 nitrogen and oxygen atoms in total. The number of nitrogens with zero attached hydrogens (tertiary/aromatic N) is 4. The lowest BCUT2D eigenvalue weighted by Crippen LogP contribution is -2.49. The van der Waals surface area contributed by atoms with E-state index < -0.39 is 17.0 Å². The Kier molecular flexibility index (Phi) is 7.27. The molecular weight excluding hydrogens is 495 g/mol. The molecule has 0 amide bonds. The van der Waals surface area contributed by atoms with E-state index in [0.29, 0.717) is 56.5 Å². The molecule has 2 heterocycles. The first-order valence-electron chi connectivity index (χ1n) is 12.3. The lowest BCUT2D eigenvalue weighted by Gasteiger charge is -2.35. The van der Waals surface area contributed by atoms with E-state index in [2.05, 4.69) is 21.6 Å². The number of rotatable bonds is 9. The van der Waals surface area contributed by atoms with E-state index in [-0.39, 0.29) is 16.7 Å². The summed E-state index contributed by atoms with van der Waals surface area (Å²) in [5.41, 5.74) is 7.59. The van der Waals surface area contributed by atoms with Gasteiger partial charge in [-0.15, -0.1) is 0 Å². The average Bonchev–Trinajstić information content (AvgIpc) is 3.66. The number of nitrogens with two attached hydrogens (primary N) is 1. The maximum atomic E-state index is 13.5. The Morgan fingerprint density at radius 2 is 1.86 bits per heavy atom. The molecule has 3 N–H and O–H groups in total. The van der Waals surface area contributed by atoms with Crippen molar-refractivity contribution < 1.29 is 13.3 Å². The van der Waals surface area contributed by atoms with E-state index in [0.717, 1.165) is 18.4 Å². The molecule has 3 aromatic rings. The fourth-order valence-corrected chi connectivity index (χ4v) is 5.15. The fourth-order valence-electron chi connectivity index (χ4n) is 4.18. The van der Waals surface area contributed by atoms with Crippen molar-refractivity contribution in [2.24, 2.45) is 5.41 Å². The second-order valence-electron chi connectivity index (χ2n) is 9.85. The van der Waals surface area contributed by atoms with Gasteiger partial charge in [0.15, 0.2) is 11.2 Å². The Morgan fingerprint density at radius 1 is 1.14 bits per heavy atom. The van der Waals surface area contributed by atoms with Crippen molar-refractivity contribution in [2.45, 2.75) is 26.3 Å². The van der Waals surface area contributed by atoms with Crippen molar-refractivity contribution in [3.8, 4) is 11.4 Å². The first-order valence-corrected chi connectivity index (χ1v) is 13.4. The number of ether oxygens (including phenoxy) is 1. The van der Waals surface area contributed by atoms with Gasteiger partial charge >= 0.3 is 5.56 Å². The number of benzene rings is 2. The molecule has 2 aliphatic rings. The lowest BCUT2D eigenvalue weighted by molar-refractivity contribution is 0.242. The normalized spacial score (nSPS) is 17.9. The van der Waals surface area contributed by atoms with Crippen molar-refractivity contribution in [2.75, 3.05) is 43.4 Å². The van der Waals surface area contributed by atoms with Crippen molar-refractivity contribution >= 4 is 22.5 Å².